The Morgan fingerprint density at radius 1 is 1.67 bits per heavy atom. The largest absolute Gasteiger partial charge is 0.387 e. The number of aromatic nitrogens is 1. The molecule has 12 heavy (non-hydrogen) atoms. The lowest BCUT2D eigenvalue weighted by molar-refractivity contribution is 0.183. The van der Waals surface area contributed by atoms with Crippen LogP contribution < -0.4 is 0 Å². The summed E-state index contributed by atoms with van der Waals surface area (Å²) in [5.74, 6) is 0. The third-order valence-electron chi connectivity index (χ3n) is 1.57. The van der Waals surface area contributed by atoms with E-state index in [0.29, 0.717) is 5.56 Å². The number of rotatable bonds is 2. The number of nitrogens with zero attached hydrogens (tertiary/aromatic N) is 2. The predicted molar refractivity (Wildman–Crippen MR) is 44.2 cm³/mol. The van der Waals surface area contributed by atoms with E-state index < -0.39 is 6.10 Å². The van der Waals surface area contributed by atoms with Gasteiger partial charge in [0.1, 0.15) is 0 Å². The van der Waals surface area contributed by atoms with Gasteiger partial charge in [-0.1, -0.05) is 6.07 Å². The fourth-order valence-corrected chi connectivity index (χ4v) is 0.965. The highest BCUT2D eigenvalue weighted by Gasteiger charge is 2.06. The minimum Gasteiger partial charge on any atom is -0.387 e. The molecule has 1 heterocycles. The summed E-state index contributed by atoms with van der Waals surface area (Å²) in [5, 5.41) is 17.7. The van der Waals surface area contributed by atoms with Gasteiger partial charge in [0.15, 0.2) is 0 Å². The Hall–Kier alpha value is -1.40. The maximum absolute atomic E-state index is 9.38. The Morgan fingerprint density at radius 2 is 2.42 bits per heavy atom. The lowest BCUT2D eigenvalue weighted by Gasteiger charge is -2.05. The van der Waals surface area contributed by atoms with Crippen molar-refractivity contribution in [3.63, 3.8) is 0 Å². The summed E-state index contributed by atoms with van der Waals surface area (Å²) in [5.41, 5.74) is 1.70. The van der Waals surface area contributed by atoms with E-state index in [1.165, 1.54) is 0 Å². The molecule has 1 unspecified atom stereocenters. The summed E-state index contributed by atoms with van der Waals surface area (Å²) in [6.07, 6.45) is 2.70. The van der Waals surface area contributed by atoms with E-state index >= 15 is 0 Å². The van der Waals surface area contributed by atoms with Crippen molar-refractivity contribution in [2.75, 3.05) is 0 Å². The van der Waals surface area contributed by atoms with Gasteiger partial charge in [-0.25, -0.2) is 0 Å². The Labute approximate surface area is 71.3 Å². The monoisotopic (exact) mass is 162 g/mol. The summed E-state index contributed by atoms with van der Waals surface area (Å²) in [7, 11) is 0. The number of aliphatic hydroxyl groups excluding tert-OH is 1. The van der Waals surface area contributed by atoms with Crippen LogP contribution in [0.1, 0.15) is 23.7 Å². The number of nitriles is 1. The molecule has 62 valence electrons. The first kappa shape index (κ1) is 8.69. The molecule has 3 nitrogen and oxygen atoms in total. The highest BCUT2D eigenvalue weighted by atomic mass is 16.3. The van der Waals surface area contributed by atoms with Gasteiger partial charge in [-0.3, -0.25) is 4.98 Å². The van der Waals surface area contributed by atoms with Gasteiger partial charge in [-0.05, 0) is 12.5 Å². The maximum Gasteiger partial charge on any atom is 0.0934 e. The second-order valence-electron chi connectivity index (χ2n) is 2.67. The first-order valence-corrected chi connectivity index (χ1v) is 3.70. The molecule has 0 saturated carbocycles. The van der Waals surface area contributed by atoms with E-state index in [-0.39, 0.29) is 6.42 Å². The zero-order chi connectivity index (χ0) is 8.97. The van der Waals surface area contributed by atoms with Crippen molar-refractivity contribution in [1.29, 1.82) is 5.26 Å². The fourth-order valence-electron chi connectivity index (χ4n) is 0.965. The number of aliphatic hydroxyl groups is 1. The molecular formula is C9H10N2O. The Bertz CT molecular complexity index is 304. The van der Waals surface area contributed by atoms with Crippen LogP contribution in [0.4, 0.5) is 0 Å². The molecule has 1 aromatic heterocycles. The average Bonchev–Trinajstić information content (AvgIpc) is 2.05. The molecule has 3 heteroatoms. The van der Waals surface area contributed by atoms with Crippen molar-refractivity contribution in [1.82, 2.24) is 4.98 Å². The van der Waals surface area contributed by atoms with Crippen LogP contribution in [0.15, 0.2) is 18.5 Å². The van der Waals surface area contributed by atoms with Crippen molar-refractivity contribution in [2.24, 2.45) is 0 Å². The summed E-state index contributed by atoms with van der Waals surface area (Å²) >= 11 is 0. The zero-order valence-corrected chi connectivity index (χ0v) is 6.86. The van der Waals surface area contributed by atoms with E-state index in [4.69, 9.17) is 5.26 Å². The summed E-state index contributed by atoms with van der Waals surface area (Å²) in [4.78, 5) is 3.92. The lowest BCUT2D eigenvalue weighted by Crippen LogP contribution is -1.96. The molecule has 1 atom stereocenters. The van der Waals surface area contributed by atoms with Gasteiger partial charge in [0.25, 0.3) is 0 Å². The van der Waals surface area contributed by atoms with Gasteiger partial charge in [0.2, 0.25) is 0 Å². The molecule has 0 aliphatic carbocycles. The zero-order valence-electron chi connectivity index (χ0n) is 6.86. The second kappa shape index (κ2) is 3.84. The quantitative estimate of drug-likeness (QED) is 0.713. The van der Waals surface area contributed by atoms with Gasteiger partial charge in [-0.15, -0.1) is 0 Å². The van der Waals surface area contributed by atoms with Crippen LogP contribution in [-0.2, 0) is 0 Å². The first-order chi connectivity index (χ1) is 5.74. The highest BCUT2D eigenvalue weighted by Crippen LogP contribution is 2.15. The molecule has 0 spiro atoms. The second-order valence-corrected chi connectivity index (χ2v) is 2.67. The van der Waals surface area contributed by atoms with Crippen LogP contribution in [0.5, 0.6) is 0 Å². The van der Waals surface area contributed by atoms with Crippen LogP contribution in [0.3, 0.4) is 0 Å². The normalized spacial score (nSPS) is 12.1. The van der Waals surface area contributed by atoms with Crippen LogP contribution in [-0.4, -0.2) is 10.1 Å². The van der Waals surface area contributed by atoms with Crippen molar-refractivity contribution in [3.05, 3.63) is 29.6 Å². The molecule has 1 rings (SSSR count). The molecule has 0 radical (unpaired) electrons. The van der Waals surface area contributed by atoms with Crippen molar-refractivity contribution in [3.8, 4) is 6.07 Å². The Morgan fingerprint density at radius 3 is 3.00 bits per heavy atom. The minimum absolute atomic E-state index is 0.116. The molecular weight excluding hydrogens is 152 g/mol. The third-order valence-corrected chi connectivity index (χ3v) is 1.57. The molecule has 0 aromatic carbocycles. The smallest absolute Gasteiger partial charge is 0.0934 e. The number of hydrogen-bond acceptors (Lipinski definition) is 3. The molecule has 1 aromatic rings. The summed E-state index contributed by atoms with van der Waals surface area (Å²) < 4.78 is 0. The molecule has 0 aliphatic heterocycles. The summed E-state index contributed by atoms with van der Waals surface area (Å²) in [6.45, 7) is 1.90. The average molecular weight is 162 g/mol. The van der Waals surface area contributed by atoms with Gasteiger partial charge in [-0.2, -0.15) is 5.26 Å². The molecule has 0 bridgehead atoms. The number of aryl methyl sites for hydroxylation is 1. The van der Waals surface area contributed by atoms with Crippen LogP contribution in [0.25, 0.3) is 0 Å². The molecule has 0 fully saturated rings. The number of hydrogen-bond donors (Lipinski definition) is 1. The van der Waals surface area contributed by atoms with E-state index in [1.54, 1.807) is 12.4 Å². The predicted octanol–water partition coefficient (Wildman–Crippen LogP) is 1.34. The Kier molecular flexibility index (Phi) is 2.78. The van der Waals surface area contributed by atoms with Crippen LogP contribution >= 0.6 is 0 Å². The number of pyridine rings is 1. The SMILES string of the molecule is Cc1cncc(C(O)CC#N)c1. The Balaban J connectivity index is 2.82. The van der Waals surface area contributed by atoms with Crippen molar-refractivity contribution >= 4 is 0 Å². The van der Waals surface area contributed by atoms with Crippen molar-refractivity contribution in [2.45, 2.75) is 19.4 Å². The van der Waals surface area contributed by atoms with E-state index in [9.17, 15) is 5.11 Å². The molecule has 1 N–H and O–H groups in total. The van der Waals surface area contributed by atoms with Crippen LogP contribution in [0, 0.1) is 18.3 Å². The fraction of sp³-hybridized carbons (Fsp3) is 0.333. The van der Waals surface area contributed by atoms with Gasteiger partial charge >= 0.3 is 0 Å². The standard InChI is InChI=1S/C9H10N2O/c1-7-4-8(6-11-5-7)9(12)2-3-10/h4-6,9,12H,2H2,1H3. The van der Waals surface area contributed by atoms with Crippen molar-refractivity contribution < 1.29 is 5.11 Å². The van der Waals surface area contributed by atoms with E-state index in [2.05, 4.69) is 4.98 Å². The molecule has 0 saturated heterocycles. The van der Waals surface area contributed by atoms with Crippen LogP contribution in [0.2, 0.25) is 0 Å². The van der Waals surface area contributed by atoms with Gasteiger partial charge < -0.3 is 5.11 Å². The van der Waals surface area contributed by atoms with E-state index in [0.717, 1.165) is 5.56 Å². The summed E-state index contributed by atoms with van der Waals surface area (Å²) in [6, 6.07) is 3.74. The third kappa shape index (κ3) is 2.04. The maximum atomic E-state index is 9.38. The van der Waals surface area contributed by atoms with Gasteiger partial charge in [0, 0.05) is 18.0 Å². The highest BCUT2D eigenvalue weighted by molar-refractivity contribution is 5.19. The van der Waals surface area contributed by atoms with E-state index in [1.807, 2.05) is 19.1 Å². The first-order valence-electron chi connectivity index (χ1n) is 3.70. The lowest BCUT2D eigenvalue weighted by atomic mass is 10.1. The topological polar surface area (TPSA) is 56.9 Å². The molecule has 0 aliphatic rings. The minimum atomic E-state index is -0.706. The molecule has 0 amide bonds. The van der Waals surface area contributed by atoms with Gasteiger partial charge in [0.05, 0.1) is 18.6 Å².